The van der Waals surface area contributed by atoms with Crippen molar-refractivity contribution in [3.63, 3.8) is 0 Å². The second-order valence-corrected chi connectivity index (χ2v) is 4.19. The van der Waals surface area contributed by atoms with Crippen LogP contribution in [0.1, 0.15) is 26.2 Å². The fourth-order valence-corrected chi connectivity index (χ4v) is 2.16. The zero-order chi connectivity index (χ0) is 13.3. The molecule has 0 saturated carbocycles. The molecule has 7 nitrogen and oxygen atoms in total. The van der Waals surface area contributed by atoms with E-state index >= 15 is 0 Å². The summed E-state index contributed by atoms with van der Waals surface area (Å²) in [6, 6.07) is 0. The van der Waals surface area contributed by atoms with Crippen LogP contribution in [-0.2, 0) is 14.3 Å². The van der Waals surface area contributed by atoms with E-state index in [1.165, 1.54) is 4.90 Å². The first-order valence-electron chi connectivity index (χ1n) is 5.78. The van der Waals surface area contributed by atoms with Crippen molar-refractivity contribution >= 4 is 12.1 Å². The van der Waals surface area contributed by atoms with Gasteiger partial charge in [0.2, 0.25) is 12.1 Å². The molecule has 0 bridgehead atoms. The zero-order valence-electron chi connectivity index (χ0n) is 9.96. The van der Waals surface area contributed by atoms with Gasteiger partial charge in [0.15, 0.2) is 12.0 Å². The molecule has 100 valence electrons. The van der Waals surface area contributed by atoms with E-state index in [0.717, 1.165) is 6.42 Å². The molecule has 2 atom stereocenters. The second kappa shape index (κ2) is 4.85. The number of carboxylic acid groups (broad SMARTS) is 1. The number of hydrogen-bond donors (Lipinski definition) is 2. The average Bonchev–Trinajstić information content (AvgIpc) is 2.57. The maximum absolute atomic E-state index is 11.4. The number of nitrogens with zero attached hydrogens (tertiary/aromatic N) is 1. The summed E-state index contributed by atoms with van der Waals surface area (Å²) in [5.41, 5.74) is 0.575. The van der Waals surface area contributed by atoms with Gasteiger partial charge in [-0.25, -0.2) is 4.79 Å². The maximum atomic E-state index is 11.4. The van der Waals surface area contributed by atoms with Crippen LogP contribution in [0.5, 0.6) is 0 Å². The summed E-state index contributed by atoms with van der Waals surface area (Å²) in [6.45, 7) is 1.69. The number of carbonyl (C=O) groups excluding carboxylic acids is 1. The summed E-state index contributed by atoms with van der Waals surface area (Å²) < 4.78 is 10.2. The van der Waals surface area contributed by atoms with E-state index < -0.39 is 18.6 Å². The highest BCUT2D eigenvalue weighted by molar-refractivity contribution is 5.84. The van der Waals surface area contributed by atoms with E-state index in [4.69, 9.17) is 9.84 Å². The number of rotatable bonds is 4. The average molecular weight is 257 g/mol. The molecule has 18 heavy (non-hydrogen) atoms. The number of aliphatic hydroxyl groups is 1. The highest BCUT2D eigenvalue weighted by atomic mass is 16.7. The normalized spacial score (nSPS) is 28.3. The molecular formula is C11H15NO6. The van der Waals surface area contributed by atoms with Crippen LogP contribution in [0.25, 0.3) is 0 Å². The molecule has 2 heterocycles. The van der Waals surface area contributed by atoms with E-state index in [1.807, 2.05) is 6.92 Å². The molecule has 1 unspecified atom stereocenters. The Hall–Kier alpha value is -1.76. The predicted molar refractivity (Wildman–Crippen MR) is 58.3 cm³/mol. The summed E-state index contributed by atoms with van der Waals surface area (Å²) >= 11 is 0. The largest absolute Gasteiger partial charge is 0.508 e. The Morgan fingerprint density at radius 1 is 1.61 bits per heavy atom. The molecule has 0 radical (unpaired) electrons. The standard InChI is InChI=1S/C11H15NO6/c1-2-3-6(5-13)9-10(18-11(15)16)12-7(14)4-8(12)17-9/h8,10,13H,2-5H2,1H3,(H,15,16)/t8-,10?/m1/s1. The number of β-lactam (4-membered cyclic amide) rings is 1. The summed E-state index contributed by atoms with van der Waals surface area (Å²) in [6.07, 6.45) is -1.43. The Kier molecular flexibility index (Phi) is 3.42. The van der Waals surface area contributed by atoms with E-state index in [1.54, 1.807) is 0 Å². The molecule has 2 N–H and O–H groups in total. The predicted octanol–water partition coefficient (Wildman–Crippen LogP) is 0.642. The molecule has 2 saturated heterocycles. The first-order chi connectivity index (χ1) is 8.58. The number of hydrogen-bond acceptors (Lipinski definition) is 5. The van der Waals surface area contributed by atoms with Gasteiger partial charge in [-0.05, 0) is 12.0 Å². The lowest BCUT2D eigenvalue weighted by molar-refractivity contribution is -0.164. The third kappa shape index (κ3) is 2.01. The number of carbonyl (C=O) groups is 2. The molecule has 2 aliphatic rings. The van der Waals surface area contributed by atoms with Crippen LogP contribution in [0.4, 0.5) is 4.79 Å². The lowest BCUT2D eigenvalue weighted by atomic mass is 10.1. The minimum atomic E-state index is -1.48. The van der Waals surface area contributed by atoms with Gasteiger partial charge in [-0.1, -0.05) is 13.3 Å². The van der Waals surface area contributed by atoms with Crippen molar-refractivity contribution in [3.8, 4) is 0 Å². The summed E-state index contributed by atoms with van der Waals surface area (Å²) in [4.78, 5) is 23.3. The first-order valence-corrected chi connectivity index (χ1v) is 5.78. The minimum Gasteiger partial charge on any atom is -0.468 e. The van der Waals surface area contributed by atoms with Gasteiger partial charge in [0.1, 0.15) is 0 Å². The fraction of sp³-hybridized carbons (Fsp3) is 0.636. The molecule has 0 aromatic heterocycles. The Labute approximate surface area is 104 Å². The third-order valence-corrected chi connectivity index (χ3v) is 2.99. The summed E-state index contributed by atoms with van der Waals surface area (Å²) in [5.74, 6) is 0.0487. The Morgan fingerprint density at radius 3 is 2.83 bits per heavy atom. The smallest absolute Gasteiger partial charge is 0.468 e. The van der Waals surface area contributed by atoms with Crippen LogP contribution in [-0.4, -0.2) is 46.2 Å². The van der Waals surface area contributed by atoms with Crippen molar-refractivity contribution in [1.29, 1.82) is 0 Å². The number of fused-ring (bicyclic) bond motifs is 1. The van der Waals surface area contributed by atoms with Gasteiger partial charge in [0.25, 0.3) is 0 Å². The van der Waals surface area contributed by atoms with Gasteiger partial charge in [0, 0.05) is 0 Å². The van der Waals surface area contributed by atoms with Crippen molar-refractivity contribution in [2.75, 3.05) is 6.61 Å². The van der Waals surface area contributed by atoms with Crippen LogP contribution in [0.3, 0.4) is 0 Å². The summed E-state index contributed by atoms with van der Waals surface area (Å²) in [7, 11) is 0. The van der Waals surface area contributed by atoms with Crippen molar-refractivity contribution < 1.29 is 29.3 Å². The Bertz CT molecular complexity index is 404. The van der Waals surface area contributed by atoms with Crippen LogP contribution < -0.4 is 0 Å². The topological polar surface area (TPSA) is 96.3 Å². The van der Waals surface area contributed by atoms with E-state index in [2.05, 4.69) is 4.74 Å². The highest BCUT2D eigenvalue weighted by Gasteiger charge is 2.53. The van der Waals surface area contributed by atoms with Crippen molar-refractivity contribution in [2.24, 2.45) is 0 Å². The van der Waals surface area contributed by atoms with Crippen molar-refractivity contribution in [1.82, 2.24) is 4.90 Å². The second-order valence-electron chi connectivity index (χ2n) is 4.19. The maximum Gasteiger partial charge on any atom is 0.508 e. The molecule has 1 amide bonds. The van der Waals surface area contributed by atoms with Gasteiger partial charge in [-0.2, -0.15) is 0 Å². The summed E-state index contributed by atoms with van der Waals surface area (Å²) in [5, 5.41) is 18.0. The molecule has 0 spiro atoms. The monoisotopic (exact) mass is 257 g/mol. The Morgan fingerprint density at radius 2 is 2.33 bits per heavy atom. The van der Waals surface area contributed by atoms with Crippen LogP contribution in [0, 0.1) is 0 Å². The van der Waals surface area contributed by atoms with Gasteiger partial charge in [0.05, 0.1) is 13.0 Å². The molecule has 0 aromatic rings. The number of aliphatic hydroxyl groups excluding tert-OH is 1. The van der Waals surface area contributed by atoms with Crippen molar-refractivity contribution in [3.05, 3.63) is 11.3 Å². The quantitative estimate of drug-likeness (QED) is 0.566. The molecule has 7 heteroatoms. The molecule has 0 aromatic carbocycles. The van der Waals surface area contributed by atoms with E-state index in [9.17, 15) is 14.7 Å². The van der Waals surface area contributed by atoms with Crippen molar-refractivity contribution in [2.45, 2.75) is 38.6 Å². The zero-order valence-corrected chi connectivity index (χ0v) is 9.96. The Balaban J connectivity index is 2.27. The van der Waals surface area contributed by atoms with Crippen LogP contribution in [0.2, 0.25) is 0 Å². The molecule has 2 fully saturated rings. The van der Waals surface area contributed by atoms with Gasteiger partial charge in [-0.3, -0.25) is 9.69 Å². The van der Waals surface area contributed by atoms with Gasteiger partial charge < -0.3 is 19.7 Å². The number of ether oxygens (including phenoxy) is 2. The lowest BCUT2D eigenvalue weighted by Crippen LogP contribution is -2.53. The van der Waals surface area contributed by atoms with E-state index in [-0.39, 0.29) is 24.7 Å². The first kappa shape index (κ1) is 12.7. The van der Waals surface area contributed by atoms with Crippen LogP contribution >= 0.6 is 0 Å². The SMILES string of the molecule is CCCC(CO)=C1O[C@@H]2CC(=O)N2C1OC(=O)O. The molecule has 2 aliphatic heterocycles. The van der Waals surface area contributed by atoms with Crippen LogP contribution in [0.15, 0.2) is 11.3 Å². The number of amides is 1. The van der Waals surface area contributed by atoms with Gasteiger partial charge in [-0.15, -0.1) is 0 Å². The highest BCUT2D eigenvalue weighted by Crippen LogP contribution is 2.38. The van der Waals surface area contributed by atoms with E-state index in [0.29, 0.717) is 12.0 Å². The lowest BCUT2D eigenvalue weighted by Gasteiger charge is -2.33. The molecular weight excluding hydrogens is 242 g/mol. The third-order valence-electron chi connectivity index (χ3n) is 2.99. The van der Waals surface area contributed by atoms with Gasteiger partial charge >= 0.3 is 6.16 Å². The molecule has 0 aliphatic carbocycles. The minimum absolute atomic E-state index is 0.213. The molecule has 2 rings (SSSR count). The fourth-order valence-electron chi connectivity index (χ4n) is 2.16.